The predicted molar refractivity (Wildman–Crippen MR) is 116 cm³/mol. The first-order valence-electron chi connectivity index (χ1n) is 9.46. The molecule has 0 saturated heterocycles. The molecule has 0 atom stereocenters. The topological polar surface area (TPSA) is 67.4 Å². The standard InChI is InChI=1S/C24H24N2O3/c1-4-17-6-12-20(13-7-17)25-23(27)18-8-10-19(11-9-18)24(28)26-21-15-16(2)5-14-22(21)29-3/h5-15H,4H2,1-3H3,(H,25,27)(H,26,28). The number of benzene rings is 3. The van der Waals surface area contributed by atoms with Gasteiger partial charge in [-0.3, -0.25) is 9.59 Å². The number of anilines is 2. The average molecular weight is 388 g/mol. The van der Waals surface area contributed by atoms with Crippen molar-refractivity contribution in [2.45, 2.75) is 20.3 Å². The van der Waals surface area contributed by atoms with Gasteiger partial charge in [0.2, 0.25) is 0 Å². The Balaban J connectivity index is 1.68. The number of carbonyl (C=O) groups is 2. The Morgan fingerprint density at radius 2 is 1.41 bits per heavy atom. The lowest BCUT2D eigenvalue weighted by Crippen LogP contribution is -2.15. The number of ether oxygens (including phenoxy) is 1. The quantitative estimate of drug-likeness (QED) is 0.619. The first-order chi connectivity index (χ1) is 14.0. The van der Waals surface area contributed by atoms with Gasteiger partial charge in [-0.2, -0.15) is 0 Å². The fraction of sp³-hybridized carbons (Fsp3) is 0.167. The highest BCUT2D eigenvalue weighted by molar-refractivity contribution is 6.07. The summed E-state index contributed by atoms with van der Waals surface area (Å²) in [6.45, 7) is 4.03. The summed E-state index contributed by atoms with van der Waals surface area (Å²) in [5.41, 5.74) is 4.51. The Morgan fingerprint density at radius 3 is 1.97 bits per heavy atom. The fourth-order valence-corrected chi connectivity index (χ4v) is 2.91. The van der Waals surface area contributed by atoms with Gasteiger partial charge in [-0.15, -0.1) is 0 Å². The van der Waals surface area contributed by atoms with Crippen LogP contribution in [-0.2, 0) is 6.42 Å². The Labute approximate surface area is 170 Å². The summed E-state index contributed by atoms with van der Waals surface area (Å²) >= 11 is 0. The number of hydrogen-bond donors (Lipinski definition) is 2. The van der Waals surface area contributed by atoms with Crippen molar-refractivity contribution in [3.8, 4) is 5.75 Å². The van der Waals surface area contributed by atoms with Gasteiger partial charge < -0.3 is 15.4 Å². The lowest BCUT2D eigenvalue weighted by atomic mass is 10.1. The average Bonchev–Trinajstić information content (AvgIpc) is 2.74. The number of hydrogen-bond acceptors (Lipinski definition) is 3. The van der Waals surface area contributed by atoms with Crippen LogP contribution in [0.15, 0.2) is 66.7 Å². The first-order valence-corrected chi connectivity index (χ1v) is 9.46. The molecule has 3 rings (SSSR count). The number of rotatable bonds is 6. The fourth-order valence-electron chi connectivity index (χ4n) is 2.91. The van der Waals surface area contributed by atoms with Crippen LogP contribution in [0.5, 0.6) is 5.75 Å². The maximum absolute atomic E-state index is 12.6. The minimum absolute atomic E-state index is 0.221. The number of carbonyl (C=O) groups excluding carboxylic acids is 2. The molecule has 0 heterocycles. The second-order valence-corrected chi connectivity index (χ2v) is 6.74. The second-order valence-electron chi connectivity index (χ2n) is 6.74. The molecule has 0 radical (unpaired) electrons. The molecule has 0 spiro atoms. The molecule has 0 aliphatic heterocycles. The van der Waals surface area contributed by atoms with Gasteiger partial charge in [0.25, 0.3) is 11.8 Å². The zero-order chi connectivity index (χ0) is 20.8. The van der Waals surface area contributed by atoms with Crippen molar-refractivity contribution in [1.82, 2.24) is 0 Å². The van der Waals surface area contributed by atoms with E-state index in [9.17, 15) is 9.59 Å². The SMILES string of the molecule is CCc1ccc(NC(=O)c2ccc(C(=O)Nc3cc(C)ccc3OC)cc2)cc1. The minimum Gasteiger partial charge on any atom is -0.495 e. The van der Waals surface area contributed by atoms with Crippen LogP contribution in [0.1, 0.15) is 38.8 Å². The second kappa shape index (κ2) is 9.06. The van der Waals surface area contributed by atoms with Crippen LogP contribution in [0.25, 0.3) is 0 Å². The molecule has 148 valence electrons. The summed E-state index contributed by atoms with van der Waals surface area (Å²) in [6, 6.07) is 19.9. The molecule has 0 bridgehead atoms. The van der Waals surface area contributed by atoms with Gasteiger partial charge in [-0.05, 0) is 73.0 Å². The molecule has 0 aliphatic rings. The lowest BCUT2D eigenvalue weighted by molar-refractivity contribution is 0.101. The first kappa shape index (κ1) is 20.1. The molecule has 0 saturated carbocycles. The van der Waals surface area contributed by atoms with E-state index in [0.717, 1.165) is 17.7 Å². The number of nitrogens with one attached hydrogen (secondary N) is 2. The van der Waals surface area contributed by atoms with E-state index in [4.69, 9.17) is 4.74 Å². The van der Waals surface area contributed by atoms with E-state index in [1.54, 1.807) is 31.4 Å². The van der Waals surface area contributed by atoms with Crippen LogP contribution < -0.4 is 15.4 Å². The van der Waals surface area contributed by atoms with Crippen LogP contribution in [0.2, 0.25) is 0 Å². The van der Waals surface area contributed by atoms with Crippen LogP contribution in [0, 0.1) is 6.92 Å². The predicted octanol–water partition coefficient (Wildman–Crippen LogP) is 5.07. The van der Waals surface area contributed by atoms with Crippen molar-refractivity contribution < 1.29 is 14.3 Å². The van der Waals surface area contributed by atoms with Gasteiger partial charge in [0.05, 0.1) is 12.8 Å². The third-order valence-electron chi connectivity index (χ3n) is 4.63. The molecule has 0 aliphatic carbocycles. The van der Waals surface area contributed by atoms with Crippen molar-refractivity contribution in [3.05, 3.63) is 89.0 Å². The minimum atomic E-state index is -0.268. The van der Waals surface area contributed by atoms with E-state index in [1.807, 2.05) is 49.4 Å². The smallest absolute Gasteiger partial charge is 0.255 e. The van der Waals surface area contributed by atoms with E-state index in [-0.39, 0.29) is 11.8 Å². The highest BCUT2D eigenvalue weighted by Crippen LogP contribution is 2.25. The van der Waals surface area contributed by atoms with Crippen molar-refractivity contribution >= 4 is 23.2 Å². The largest absolute Gasteiger partial charge is 0.495 e. The molecule has 29 heavy (non-hydrogen) atoms. The van der Waals surface area contributed by atoms with Crippen molar-refractivity contribution in [3.63, 3.8) is 0 Å². The zero-order valence-electron chi connectivity index (χ0n) is 16.8. The molecule has 3 aromatic carbocycles. The third-order valence-corrected chi connectivity index (χ3v) is 4.63. The Morgan fingerprint density at radius 1 is 0.828 bits per heavy atom. The van der Waals surface area contributed by atoms with Crippen molar-refractivity contribution in [2.75, 3.05) is 17.7 Å². The molecular formula is C24H24N2O3. The van der Waals surface area contributed by atoms with E-state index in [1.165, 1.54) is 5.56 Å². The summed E-state index contributed by atoms with van der Waals surface area (Å²) in [7, 11) is 1.56. The molecule has 2 amide bonds. The summed E-state index contributed by atoms with van der Waals surface area (Å²) in [5, 5.41) is 5.72. The molecule has 0 unspecified atom stereocenters. The molecule has 3 aromatic rings. The maximum atomic E-state index is 12.6. The van der Waals surface area contributed by atoms with Crippen LogP contribution in [0.4, 0.5) is 11.4 Å². The van der Waals surface area contributed by atoms with Gasteiger partial charge in [0.1, 0.15) is 5.75 Å². The molecule has 0 aromatic heterocycles. The molecular weight excluding hydrogens is 364 g/mol. The van der Waals surface area contributed by atoms with Gasteiger partial charge in [0.15, 0.2) is 0 Å². The lowest BCUT2D eigenvalue weighted by Gasteiger charge is -2.11. The third kappa shape index (κ3) is 5.02. The van der Waals surface area contributed by atoms with Gasteiger partial charge >= 0.3 is 0 Å². The highest BCUT2D eigenvalue weighted by Gasteiger charge is 2.12. The number of methoxy groups -OCH3 is 1. The van der Waals surface area contributed by atoms with Crippen LogP contribution in [-0.4, -0.2) is 18.9 Å². The molecule has 5 nitrogen and oxygen atoms in total. The van der Waals surface area contributed by atoms with E-state index in [0.29, 0.717) is 22.6 Å². The molecule has 2 N–H and O–H groups in total. The maximum Gasteiger partial charge on any atom is 0.255 e. The monoisotopic (exact) mass is 388 g/mol. The van der Waals surface area contributed by atoms with Crippen LogP contribution >= 0.6 is 0 Å². The van der Waals surface area contributed by atoms with E-state index < -0.39 is 0 Å². The van der Waals surface area contributed by atoms with E-state index in [2.05, 4.69) is 17.6 Å². The Hall–Kier alpha value is -3.60. The number of aryl methyl sites for hydroxylation is 2. The Bertz CT molecular complexity index is 1010. The van der Waals surface area contributed by atoms with Crippen molar-refractivity contribution in [2.24, 2.45) is 0 Å². The van der Waals surface area contributed by atoms with Gasteiger partial charge in [0, 0.05) is 16.8 Å². The van der Waals surface area contributed by atoms with Crippen molar-refractivity contribution in [1.29, 1.82) is 0 Å². The van der Waals surface area contributed by atoms with Crippen LogP contribution in [0.3, 0.4) is 0 Å². The summed E-state index contributed by atoms with van der Waals surface area (Å²) in [5.74, 6) is 0.103. The summed E-state index contributed by atoms with van der Waals surface area (Å²) in [4.78, 5) is 25.0. The van der Waals surface area contributed by atoms with Gasteiger partial charge in [-0.25, -0.2) is 0 Å². The number of amides is 2. The summed E-state index contributed by atoms with van der Waals surface area (Å²) < 4.78 is 5.29. The molecule has 0 fully saturated rings. The normalized spacial score (nSPS) is 10.3. The molecule has 5 heteroatoms. The zero-order valence-corrected chi connectivity index (χ0v) is 16.8. The Kier molecular flexibility index (Phi) is 6.29. The summed E-state index contributed by atoms with van der Waals surface area (Å²) in [6.07, 6.45) is 0.951. The van der Waals surface area contributed by atoms with Gasteiger partial charge in [-0.1, -0.05) is 25.1 Å². The highest BCUT2D eigenvalue weighted by atomic mass is 16.5. The van der Waals surface area contributed by atoms with E-state index >= 15 is 0 Å².